The van der Waals surface area contributed by atoms with Gasteiger partial charge in [0.15, 0.2) is 0 Å². The maximum absolute atomic E-state index is 6.38. The van der Waals surface area contributed by atoms with Gasteiger partial charge < -0.3 is 4.74 Å². The predicted octanol–water partition coefficient (Wildman–Crippen LogP) is 10.3. The van der Waals surface area contributed by atoms with E-state index in [4.69, 9.17) is 4.74 Å². The second kappa shape index (κ2) is 7.69. The van der Waals surface area contributed by atoms with Crippen LogP contribution in [0.4, 0.5) is 0 Å². The number of benzene rings is 6. The minimum absolute atomic E-state index is 0.0217. The molecule has 0 spiro atoms. The van der Waals surface area contributed by atoms with Gasteiger partial charge in [-0.3, -0.25) is 0 Å². The van der Waals surface area contributed by atoms with Crippen LogP contribution in [0, 0.1) is 0 Å². The van der Waals surface area contributed by atoms with E-state index in [0.717, 1.165) is 17.1 Å². The first-order valence-electron chi connectivity index (χ1n) is 13.3. The second-order valence-corrected chi connectivity index (χ2v) is 10.9. The lowest BCUT2D eigenvalue weighted by Gasteiger charge is -2.23. The molecule has 0 bridgehead atoms. The summed E-state index contributed by atoms with van der Waals surface area (Å²) in [6.45, 7) is 4.69. The SMILES string of the molecule is CC1(C)c2ccccc2-c2c(-c3ccccc3-c3ccc4c(c3)-c3cccc5cccc(c35)O4)cccc21. The number of ether oxygens (including phenoxy) is 1. The first-order chi connectivity index (χ1) is 18.6. The van der Waals surface area contributed by atoms with Crippen LogP contribution in [-0.4, -0.2) is 0 Å². The van der Waals surface area contributed by atoms with E-state index < -0.39 is 0 Å². The van der Waals surface area contributed by atoms with Crippen LogP contribution in [-0.2, 0) is 5.41 Å². The highest BCUT2D eigenvalue weighted by Crippen LogP contribution is 2.53. The molecule has 0 unspecified atom stereocenters. The molecule has 38 heavy (non-hydrogen) atoms. The molecule has 1 heteroatoms. The van der Waals surface area contributed by atoms with Crippen LogP contribution >= 0.6 is 0 Å². The van der Waals surface area contributed by atoms with Crippen molar-refractivity contribution in [1.82, 2.24) is 0 Å². The van der Waals surface area contributed by atoms with Crippen molar-refractivity contribution in [3.63, 3.8) is 0 Å². The molecule has 1 nitrogen and oxygen atoms in total. The average Bonchev–Trinajstić information content (AvgIpc) is 3.20. The van der Waals surface area contributed by atoms with Crippen LogP contribution in [0.25, 0.3) is 55.3 Å². The van der Waals surface area contributed by atoms with Gasteiger partial charge in [0.2, 0.25) is 0 Å². The molecule has 2 aliphatic rings. The number of hydrogen-bond donors (Lipinski definition) is 0. The van der Waals surface area contributed by atoms with Gasteiger partial charge >= 0.3 is 0 Å². The Bertz CT molecular complexity index is 1920. The summed E-state index contributed by atoms with van der Waals surface area (Å²) in [6, 6.07) is 43.9. The fourth-order valence-electron chi connectivity index (χ4n) is 6.68. The lowest BCUT2D eigenvalue weighted by atomic mass is 9.81. The van der Waals surface area contributed by atoms with Crippen molar-refractivity contribution in [1.29, 1.82) is 0 Å². The third-order valence-corrected chi connectivity index (χ3v) is 8.49. The largest absolute Gasteiger partial charge is 0.456 e. The third-order valence-electron chi connectivity index (χ3n) is 8.49. The van der Waals surface area contributed by atoms with E-state index in [0.29, 0.717) is 0 Å². The van der Waals surface area contributed by atoms with E-state index in [1.165, 1.54) is 60.8 Å². The number of rotatable bonds is 2. The average molecular weight is 487 g/mol. The van der Waals surface area contributed by atoms with Crippen molar-refractivity contribution < 1.29 is 4.74 Å². The van der Waals surface area contributed by atoms with Crippen molar-refractivity contribution in [2.45, 2.75) is 19.3 Å². The highest BCUT2D eigenvalue weighted by atomic mass is 16.5. The molecule has 1 aliphatic carbocycles. The minimum Gasteiger partial charge on any atom is -0.456 e. The highest BCUT2D eigenvalue weighted by molar-refractivity contribution is 6.05. The first kappa shape index (κ1) is 21.5. The summed E-state index contributed by atoms with van der Waals surface area (Å²) in [5.74, 6) is 1.84. The lowest BCUT2D eigenvalue weighted by molar-refractivity contribution is 0.487. The molecule has 0 fully saturated rings. The normalized spacial score (nSPS) is 13.9. The zero-order chi connectivity index (χ0) is 25.4. The molecule has 0 saturated heterocycles. The van der Waals surface area contributed by atoms with Crippen LogP contribution in [0.5, 0.6) is 11.5 Å². The Morgan fingerprint density at radius 3 is 2.00 bits per heavy atom. The summed E-state index contributed by atoms with van der Waals surface area (Å²) in [4.78, 5) is 0. The highest BCUT2D eigenvalue weighted by Gasteiger charge is 2.36. The van der Waals surface area contributed by atoms with Crippen LogP contribution in [0.15, 0.2) is 121 Å². The Hall–Kier alpha value is -4.62. The van der Waals surface area contributed by atoms with Gasteiger partial charge in [-0.05, 0) is 73.7 Å². The minimum atomic E-state index is -0.0217. The van der Waals surface area contributed by atoms with Gasteiger partial charge in [-0.15, -0.1) is 0 Å². The quantitative estimate of drug-likeness (QED) is 0.236. The van der Waals surface area contributed by atoms with E-state index in [1.54, 1.807) is 0 Å². The van der Waals surface area contributed by atoms with Gasteiger partial charge in [-0.1, -0.05) is 117 Å². The summed E-state index contributed by atoms with van der Waals surface area (Å²) in [5, 5.41) is 2.39. The molecule has 180 valence electrons. The molecule has 0 radical (unpaired) electrons. The topological polar surface area (TPSA) is 9.23 Å². The van der Waals surface area contributed by atoms with Crippen molar-refractivity contribution in [2.24, 2.45) is 0 Å². The third kappa shape index (κ3) is 2.87. The first-order valence-corrected chi connectivity index (χ1v) is 13.3. The molecule has 1 aliphatic heterocycles. The van der Waals surface area contributed by atoms with E-state index in [9.17, 15) is 0 Å². The van der Waals surface area contributed by atoms with Gasteiger partial charge in [0.05, 0.1) is 0 Å². The predicted molar refractivity (Wildman–Crippen MR) is 158 cm³/mol. The van der Waals surface area contributed by atoms with Gasteiger partial charge in [0.1, 0.15) is 11.5 Å². The summed E-state index contributed by atoms with van der Waals surface area (Å²) >= 11 is 0. The van der Waals surface area contributed by atoms with Crippen LogP contribution in [0.3, 0.4) is 0 Å². The maximum Gasteiger partial charge on any atom is 0.135 e. The molecule has 0 N–H and O–H groups in total. The smallest absolute Gasteiger partial charge is 0.135 e. The van der Waals surface area contributed by atoms with Crippen molar-refractivity contribution in [3.8, 4) is 56.0 Å². The fraction of sp³-hybridized carbons (Fsp3) is 0.0811. The molecule has 0 amide bonds. The zero-order valence-corrected chi connectivity index (χ0v) is 21.5. The number of hydrogen-bond acceptors (Lipinski definition) is 1. The molecule has 1 heterocycles. The molecule has 0 aromatic heterocycles. The van der Waals surface area contributed by atoms with Gasteiger partial charge in [-0.25, -0.2) is 0 Å². The Kier molecular flexibility index (Phi) is 4.35. The monoisotopic (exact) mass is 486 g/mol. The Morgan fingerprint density at radius 1 is 0.474 bits per heavy atom. The van der Waals surface area contributed by atoms with Gasteiger partial charge in [-0.2, -0.15) is 0 Å². The maximum atomic E-state index is 6.38. The van der Waals surface area contributed by atoms with Crippen LogP contribution in [0.1, 0.15) is 25.0 Å². The summed E-state index contributed by atoms with van der Waals surface area (Å²) < 4.78 is 6.38. The van der Waals surface area contributed by atoms with Crippen molar-refractivity contribution >= 4 is 10.8 Å². The Labute approximate surface area is 223 Å². The van der Waals surface area contributed by atoms with Gasteiger partial charge in [0, 0.05) is 16.4 Å². The second-order valence-electron chi connectivity index (χ2n) is 10.9. The van der Waals surface area contributed by atoms with E-state index in [1.807, 2.05) is 0 Å². The van der Waals surface area contributed by atoms with Crippen molar-refractivity contribution in [2.75, 3.05) is 0 Å². The molecule has 0 atom stereocenters. The lowest BCUT2D eigenvalue weighted by Crippen LogP contribution is -2.14. The molecular formula is C37H26O. The van der Waals surface area contributed by atoms with Crippen LogP contribution < -0.4 is 4.74 Å². The standard InChI is InChI=1S/C37H26O/c1-37(2)31-17-6-5-14-29(31)36-27(16-9-18-32(36)37)26-13-4-3-12-25(26)24-20-21-33-30(22-24)28-15-7-10-23-11-8-19-34(38-33)35(23)28/h3-22H,1-2H3. The van der Waals surface area contributed by atoms with E-state index in [-0.39, 0.29) is 5.41 Å². The molecule has 6 aromatic rings. The number of fused-ring (bicyclic) bond motifs is 5. The van der Waals surface area contributed by atoms with Crippen molar-refractivity contribution in [3.05, 3.63) is 132 Å². The Balaban J connectivity index is 1.35. The Morgan fingerprint density at radius 2 is 1.13 bits per heavy atom. The van der Waals surface area contributed by atoms with E-state index >= 15 is 0 Å². The molecule has 8 rings (SSSR count). The van der Waals surface area contributed by atoms with Gasteiger partial charge in [0.25, 0.3) is 0 Å². The fourth-order valence-corrected chi connectivity index (χ4v) is 6.68. The van der Waals surface area contributed by atoms with E-state index in [2.05, 4.69) is 135 Å². The summed E-state index contributed by atoms with van der Waals surface area (Å²) in [5.41, 5.74) is 12.8. The van der Waals surface area contributed by atoms with Crippen LogP contribution in [0.2, 0.25) is 0 Å². The summed E-state index contributed by atoms with van der Waals surface area (Å²) in [7, 11) is 0. The molecule has 6 aromatic carbocycles. The zero-order valence-electron chi connectivity index (χ0n) is 21.5. The molecule has 0 saturated carbocycles. The summed E-state index contributed by atoms with van der Waals surface area (Å²) in [6.07, 6.45) is 0. The molecular weight excluding hydrogens is 460 g/mol.